The van der Waals surface area contributed by atoms with Gasteiger partial charge in [-0.05, 0) is 36.1 Å². The zero-order valence-corrected chi connectivity index (χ0v) is 19.8. The van der Waals surface area contributed by atoms with Crippen molar-refractivity contribution in [2.24, 2.45) is 5.92 Å². The van der Waals surface area contributed by atoms with Crippen LogP contribution < -0.4 is 10.3 Å². The molecule has 1 N–H and O–H groups in total. The molecule has 8 heteroatoms. The summed E-state index contributed by atoms with van der Waals surface area (Å²) >= 11 is 5.92. The Labute approximate surface area is 196 Å². The molecule has 3 rings (SSSR count). The second kappa shape index (κ2) is 10.4. The van der Waals surface area contributed by atoms with Gasteiger partial charge in [-0.25, -0.2) is 9.18 Å². The van der Waals surface area contributed by atoms with E-state index in [4.69, 9.17) is 21.1 Å². The lowest BCUT2D eigenvalue weighted by atomic mass is 9.87. The maximum atomic E-state index is 14.5. The fourth-order valence-electron chi connectivity index (χ4n) is 3.92. The first kappa shape index (κ1) is 24.7. The van der Waals surface area contributed by atoms with Gasteiger partial charge in [-0.3, -0.25) is 9.20 Å². The number of fused-ring (bicyclic) bond motifs is 1. The van der Waals surface area contributed by atoms with Gasteiger partial charge in [0.1, 0.15) is 17.1 Å². The number of rotatable bonds is 8. The van der Waals surface area contributed by atoms with E-state index >= 15 is 0 Å². The molecule has 0 saturated carbocycles. The molecule has 176 valence electrons. The molecule has 0 spiro atoms. The van der Waals surface area contributed by atoms with Crippen molar-refractivity contribution in [3.8, 4) is 5.75 Å². The summed E-state index contributed by atoms with van der Waals surface area (Å²) in [4.78, 5) is 25.8. The molecule has 2 heterocycles. The summed E-state index contributed by atoms with van der Waals surface area (Å²) in [6.45, 7) is 5.49. The first-order valence-electron chi connectivity index (χ1n) is 10.7. The van der Waals surface area contributed by atoms with E-state index in [-0.39, 0.29) is 42.1 Å². The molecule has 2 aromatic heterocycles. The lowest BCUT2D eigenvalue weighted by molar-refractivity contribution is 0.0523. The van der Waals surface area contributed by atoms with Crippen LogP contribution in [0.2, 0.25) is 5.02 Å². The Kier molecular flexibility index (Phi) is 7.76. The van der Waals surface area contributed by atoms with E-state index in [9.17, 15) is 19.1 Å². The number of carbonyl (C=O) groups excluding carboxylic acids is 1. The average Bonchev–Trinajstić information content (AvgIpc) is 2.78. The van der Waals surface area contributed by atoms with E-state index in [0.29, 0.717) is 28.0 Å². The number of hydrogen-bond donors (Lipinski definition) is 1. The van der Waals surface area contributed by atoms with E-state index in [2.05, 4.69) is 0 Å². The summed E-state index contributed by atoms with van der Waals surface area (Å²) in [6, 6.07) is 7.88. The molecule has 0 amide bonds. The molecule has 0 radical (unpaired) electrons. The van der Waals surface area contributed by atoms with Gasteiger partial charge < -0.3 is 14.6 Å². The Morgan fingerprint density at radius 2 is 1.97 bits per heavy atom. The molecule has 33 heavy (non-hydrogen) atoms. The van der Waals surface area contributed by atoms with Crippen molar-refractivity contribution in [2.75, 3.05) is 20.3 Å². The van der Waals surface area contributed by atoms with Crippen LogP contribution in [0.4, 0.5) is 4.39 Å². The summed E-state index contributed by atoms with van der Waals surface area (Å²) in [5.41, 5.74) is 1.29. The molecule has 1 atom stereocenters. The quantitative estimate of drug-likeness (QED) is 0.482. The molecule has 3 aromatic rings. The van der Waals surface area contributed by atoms with Crippen LogP contribution >= 0.6 is 11.6 Å². The number of halogens is 2. The third-order valence-electron chi connectivity index (χ3n) is 5.70. The second-order valence-electron chi connectivity index (χ2n) is 8.08. The third-order valence-corrected chi connectivity index (χ3v) is 5.99. The number of hydrogen-bond acceptors (Lipinski definition) is 5. The van der Waals surface area contributed by atoms with E-state index in [1.165, 1.54) is 29.8 Å². The number of benzene rings is 1. The van der Waals surface area contributed by atoms with Crippen LogP contribution in [0.1, 0.15) is 53.7 Å². The molecule has 0 saturated heterocycles. The number of aliphatic hydroxyl groups excluding tert-OH is 1. The minimum absolute atomic E-state index is 0.000900. The second-order valence-corrected chi connectivity index (χ2v) is 8.49. The van der Waals surface area contributed by atoms with Crippen LogP contribution in [0.3, 0.4) is 0 Å². The van der Waals surface area contributed by atoms with E-state index in [1.807, 2.05) is 13.8 Å². The van der Waals surface area contributed by atoms with Gasteiger partial charge >= 0.3 is 5.97 Å². The van der Waals surface area contributed by atoms with Crippen molar-refractivity contribution in [3.05, 3.63) is 80.0 Å². The normalized spacial score (nSPS) is 12.2. The fraction of sp³-hybridized carbons (Fsp3) is 0.360. The van der Waals surface area contributed by atoms with Gasteiger partial charge in [0.05, 0.1) is 30.9 Å². The van der Waals surface area contributed by atoms with Crippen molar-refractivity contribution in [3.63, 3.8) is 0 Å². The molecule has 1 aromatic carbocycles. The molecule has 6 nitrogen and oxygen atoms in total. The number of nitrogens with zero attached hydrogens (tertiary/aromatic N) is 1. The van der Waals surface area contributed by atoms with Crippen molar-refractivity contribution in [1.82, 2.24) is 4.40 Å². The van der Waals surface area contributed by atoms with Gasteiger partial charge in [0.25, 0.3) is 5.56 Å². The highest BCUT2D eigenvalue weighted by molar-refractivity contribution is 6.30. The molecular formula is C25H27ClFNO5. The number of methoxy groups -OCH3 is 1. The first-order valence-corrected chi connectivity index (χ1v) is 11.1. The number of esters is 1. The van der Waals surface area contributed by atoms with Gasteiger partial charge in [-0.1, -0.05) is 37.6 Å². The molecule has 0 bridgehead atoms. The van der Waals surface area contributed by atoms with Gasteiger partial charge in [0.15, 0.2) is 0 Å². The zero-order valence-electron chi connectivity index (χ0n) is 19.0. The Morgan fingerprint density at radius 3 is 2.58 bits per heavy atom. The minimum atomic E-state index is -0.739. The zero-order chi connectivity index (χ0) is 24.3. The summed E-state index contributed by atoms with van der Waals surface area (Å²) < 4.78 is 26.5. The number of carbonyl (C=O) groups is 1. The monoisotopic (exact) mass is 475 g/mol. The maximum Gasteiger partial charge on any atom is 0.343 e. The van der Waals surface area contributed by atoms with Crippen LogP contribution in [0.5, 0.6) is 5.75 Å². The topological polar surface area (TPSA) is 77.2 Å². The summed E-state index contributed by atoms with van der Waals surface area (Å²) in [6.07, 6.45) is 1.66. The minimum Gasteiger partial charge on any atom is -0.496 e. The summed E-state index contributed by atoms with van der Waals surface area (Å²) in [5, 5.41) is 10.1. The molecular weight excluding hydrogens is 449 g/mol. The van der Waals surface area contributed by atoms with Crippen LogP contribution in [-0.2, 0) is 11.2 Å². The fourth-order valence-corrected chi connectivity index (χ4v) is 4.11. The largest absolute Gasteiger partial charge is 0.496 e. The SMILES string of the molecule is CCOC(=O)c1cc([C@H](CO)C(C)C)c2cc(OC)c(Cc3cccc(Cl)c3F)cn2c1=O. The van der Waals surface area contributed by atoms with Gasteiger partial charge in [0, 0.05) is 30.2 Å². The lowest BCUT2D eigenvalue weighted by Gasteiger charge is -2.22. The van der Waals surface area contributed by atoms with Crippen molar-refractivity contribution >= 4 is 23.1 Å². The number of ether oxygens (including phenoxy) is 2. The van der Waals surface area contributed by atoms with E-state index < -0.39 is 17.3 Å². The number of aromatic nitrogens is 1. The van der Waals surface area contributed by atoms with Gasteiger partial charge in [-0.2, -0.15) is 0 Å². The molecule has 0 aliphatic rings. The molecule has 0 aliphatic carbocycles. The van der Waals surface area contributed by atoms with Gasteiger partial charge in [-0.15, -0.1) is 0 Å². The van der Waals surface area contributed by atoms with E-state index in [0.717, 1.165) is 0 Å². The van der Waals surface area contributed by atoms with E-state index in [1.54, 1.807) is 25.1 Å². The molecule has 0 fully saturated rings. The van der Waals surface area contributed by atoms with Crippen LogP contribution in [0.15, 0.2) is 41.3 Å². The molecule has 0 aliphatic heterocycles. The maximum absolute atomic E-state index is 14.5. The third kappa shape index (κ3) is 4.89. The highest BCUT2D eigenvalue weighted by atomic mass is 35.5. The van der Waals surface area contributed by atoms with Gasteiger partial charge in [0.2, 0.25) is 0 Å². The first-order chi connectivity index (χ1) is 15.7. The highest BCUT2D eigenvalue weighted by Crippen LogP contribution is 2.32. The predicted octanol–water partition coefficient (Wildman–Crippen LogP) is 4.60. The predicted molar refractivity (Wildman–Crippen MR) is 125 cm³/mol. The average molecular weight is 476 g/mol. The Bertz CT molecular complexity index is 1240. The summed E-state index contributed by atoms with van der Waals surface area (Å²) in [7, 11) is 1.49. The standard InChI is InChI=1S/C25H27ClFNO5/c1-5-33-25(31)18-10-17(19(13-29)14(2)3)21-11-22(32-4)16(12-28(21)24(18)30)9-15-7-6-8-20(26)23(15)27/h6-8,10-12,14,19,29H,5,9,13H2,1-4H3/t19-/m1/s1. The van der Waals surface area contributed by atoms with Crippen molar-refractivity contribution < 1.29 is 23.8 Å². The lowest BCUT2D eigenvalue weighted by Crippen LogP contribution is -2.26. The van der Waals surface area contributed by atoms with Crippen LogP contribution in [0, 0.1) is 11.7 Å². The van der Waals surface area contributed by atoms with Crippen molar-refractivity contribution in [1.29, 1.82) is 0 Å². The summed E-state index contributed by atoms with van der Waals surface area (Å²) in [5.74, 6) is -1.15. The van der Waals surface area contributed by atoms with Crippen LogP contribution in [-0.4, -0.2) is 35.8 Å². The number of aliphatic hydroxyl groups is 1. The highest BCUT2D eigenvalue weighted by Gasteiger charge is 2.24. The Hall–Kier alpha value is -2.90. The number of pyridine rings is 2. The molecule has 0 unspecified atom stereocenters. The smallest absolute Gasteiger partial charge is 0.343 e. The van der Waals surface area contributed by atoms with Crippen molar-refractivity contribution in [2.45, 2.75) is 33.1 Å². The van der Waals surface area contributed by atoms with Crippen LogP contribution in [0.25, 0.3) is 5.52 Å². The Balaban J connectivity index is 2.32. The Morgan fingerprint density at radius 1 is 1.24 bits per heavy atom.